The maximum Gasteiger partial charge on any atom is 0.225 e. The maximum absolute atomic E-state index is 11.9. The lowest BCUT2D eigenvalue weighted by Crippen LogP contribution is -2.04. The minimum Gasteiger partial charge on any atom is -0.480 e. The lowest BCUT2D eigenvalue weighted by atomic mass is 10.1. The molecule has 0 aliphatic heterocycles. The second-order valence-electron chi connectivity index (χ2n) is 4.34. The van der Waals surface area contributed by atoms with Crippen LogP contribution in [0.15, 0.2) is 6.07 Å². The van der Waals surface area contributed by atoms with E-state index < -0.39 is 0 Å². The van der Waals surface area contributed by atoms with Gasteiger partial charge < -0.3 is 4.74 Å². The Bertz CT molecular complexity index is 370. The van der Waals surface area contributed by atoms with E-state index in [2.05, 4.69) is 18.2 Å². The zero-order valence-electron chi connectivity index (χ0n) is 8.53. The van der Waals surface area contributed by atoms with Gasteiger partial charge in [0.05, 0.1) is 12.0 Å². The van der Waals surface area contributed by atoms with E-state index in [1.165, 1.54) is 11.5 Å². The van der Waals surface area contributed by atoms with E-state index in [0.717, 1.165) is 11.3 Å². The van der Waals surface area contributed by atoms with E-state index in [0.29, 0.717) is 5.88 Å². The first-order valence-electron chi connectivity index (χ1n) is 4.59. The van der Waals surface area contributed by atoms with Gasteiger partial charge in [-0.05, 0) is 23.4 Å². The van der Waals surface area contributed by atoms with Crippen molar-refractivity contribution < 1.29 is 9.53 Å². The third kappa shape index (κ3) is 1.54. The van der Waals surface area contributed by atoms with Gasteiger partial charge in [-0.25, -0.2) is 0 Å². The number of carbonyl (C=O) groups excluding carboxylic acids is 1. The Labute approximate surface area is 87.3 Å². The van der Waals surface area contributed by atoms with Crippen LogP contribution in [0.1, 0.15) is 29.9 Å². The molecule has 1 saturated carbocycles. The molecule has 0 radical (unpaired) electrons. The molecule has 3 nitrogen and oxygen atoms in total. The average molecular weight is 211 g/mol. The van der Waals surface area contributed by atoms with Crippen molar-refractivity contribution in [2.75, 3.05) is 7.11 Å². The van der Waals surface area contributed by atoms with Crippen molar-refractivity contribution in [3.63, 3.8) is 0 Å². The van der Waals surface area contributed by atoms with Crippen LogP contribution in [0.25, 0.3) is 0 Å². The third-order valence-corrected chi connectivity index (χ3v) is 3.56. The van der Waals surface area contributed by atoms with E-state index in [1.807, 2.05) is 0 Å². The first kappa shape index (κ1) is 9.65. The normalized spacial score (nSPS) is 23.2. The fraction of sp³-hybridized carbons (Fsp3) is 0.600. The van der Waals surface area contributed by atoms with Crippen molar-refractivity contribution in [2.45, 2.75) is 20.3 Å². The Morgan fingerprint density at radius 2 is 2.36 bits per heavy atom. The number of rotatable bonds is 3. The second-order valence-corrected chi connectivity index (χ2v) is 5.15. The number of hydrogen-bond donors (Lipinski definition) is 0. The Morgan fingerprint density at radius 1 is 1.71 bits per heavy atom. The Hall–Kier alpha value is -0.900. The summed E-state index contributed by atoms with van der Waals surface area (Å²) < 4.78 is 8.96. The van der Waals surface area contributed by atoms with Gasteiger partial charge in [-0.3, -0.25) is 4.79 Å². The molecule has 2 rings (SSSR count). The standard InChI is InChI=1S/C10H13NO2S/c1-10(2)5-6(10)9(12)7-4-8(13-3)11-14-7/h4,6H,5H2,1-3H3. The number of carbonyl (C=O) groups is 1. The molecule has 1 aliphatic rings. The molecular formula is C10H13NO2S. The zero-order valence-corrected chi connectivity index (χ0v) is 9.35. The van der Waals surface area contributed by atoms with E-state index in [-0.39, 0.29) is 17.1 Å². The van der Waals surface area contributed by atoms with Gasteiger partial charge in [0.1, 0.15) is 0 Å². The molecule has 0 aromatic carbocycles. The van der Waals surface area contributed by atoms with Gasteiger partial charge in [-0.2, -0.15) is 4.37 Å². The molecule has 1 aromatic rings. The molecule has 0 bridgehead atoms. The van der Waals surface area contributed by atoms with Crippen LogP contribution >= 0.6 is 11.5 Å². The summed E-state index contributed by atoms with van der Waals surface area (Å²) in [6.07, 6.45) is 0.992. The van der Waals surface area contributed by atoms with Crippen LogP contribution in [-0.4, -0.2) is 17.3 Å². The van der Waals surface area contributed by atoms with Gasteiger partial charge in [0.2, 0.25) is 5.88 Å². The predicted octanol–water partition coefficient (Wildman–Crippen LogP) is 2.38. The van der Waals surface area contributed by atoms with Crippen molar-refractivity contribution in [1.82, 2.24) is 4.37 Å². The molecule has 76 valence electrons. The maximum atomic E-state index is 11.9. The van der Waals surface area contributed by atoms with Gasteiger partial charge >= 0.3 is 0 Å². The summed E-state index contributed by atoms with van der Waals surface area (Å²) in [6, 6.07) is 1.72. The van der Waals surface area contributed by atoms with Crippen LogP contribution in [0.5, 0.6) is 5.88 Å². The van der Waals surface area contributed by atoms with Gasteiger partial charge in [0.25, 0.3) is 0 Å². The molecule has 0 spiro atoms. The van der Waals surface area contributed by atoms with E-state index in [9.17, 15) is 4.79 Å². The number of hydrogen-bond acceptors (Lipinski definition) is 4. The van der Waals surface area contributed by atoms with Crippen LogP contribution < -0.4 is 4.74 Å². The minimum atomic E-state index is 0.188. The van der Waals surface area contributed by atoms with E-state index in [4.69, 9.17) is 4.74 Å². The number of methoxy groups -OCH3 is 1. The van der Waals surface area contributed by atoms with Crippen LogP contribution in [0.2, 0.25) is 0 Å². The molecule has 1 aromatic heterocycles. The molecule has 14 heavy (non-hydrogen) atoms. The molecule has 0 N–H and O–H groups in total. The first-order valence-corrected chi connectivity index (χ1v) is 5.37. The van der Waals surface area contributed by atoms with Crippen LogP contribution in [0.4, 0.5) is 0 Å². The monoisotopic (exact) mass is 211 g/mol. The third-order valence-electron chi connectivity index (χ3n) is 2.77. The van der Waals surface area contributed by atoms with Crippen molar-refractivity contribution in [2.24, 2.45) is 11.3 Å². The molecule has 0 saturated heterocycles. The van der Waals surface area contributed by atoms with Crippen molar-refractivity contribution in [3.8, 4) is 5.88 Å². The average Bonchev–Trinajstić information content (AvgIpc) is 2.64. The quantitative estimate of drug-likeness (QED) is 0.720. The zero-order chi connectivity index (χ0) is 10.3. The summed E-state index contributed by atoms with van der Waals surface area (Å²) in [5.74, 6) is 0.945. The highest BCUT2D eigenvalue weighted by Crippen LogP contribution is 2.53. The van der Waals surface area contributed by atoms with Crippen molar-refractivity contribution >= 4 is 17.3 Å². The minimum absolute atomic E-state index is 0.188. The smallest absolute Gasteiger partial charge is 0.225 e. The van der Waals surface area contributed by atoms with E-state index in [1.54, 1.807) is 13.2 Å². The summed E-state index contributed by atoms with van der Waals surface area (Å²) in [5, 5.41) is 0. The number of Topliss-reactive ketones (excluding diaryl/α,β-unsaturated/α-hetero) is 1. The summed E-state index contributed by atoms with van der Waals surface area (Å²) in [5.41, 5.74) is 0.189. The Balaban J connectivity index is 2.13. The van der Waals surface area contributed by atoms with Gasteiger partial charge in [0.15, 0.2) is 5.78 Å². The fourth-order valence-electron chi connectivity index (χ4n) is 1.56. The van der Waals surface area contributed by atoms with Gasteiger partial charge in [0, 0.05) is 12.0 Å². The molecular weight excluding hydrogens is 198 g/mol. The second kappa shape index (κ2) is 3.05. The highest BCUT2D eigenvalue weighted by molar-refractivity contribution is 7.08. The highest BCUT2D eigenvalue weighted by Gasteiger charge is 2.50. The van der Waals surface area contributed by atoms with Crippen molar-refractivity contribution in [1.29, 1.82) is 0 Å². The summed E-state index contributed by atoms with van der Waals surface area (Å²) in [4.78, 5) is 12.6. The Morgan fingerprint density at radius 3 is 2.79 bits per heavy atom. The van der Waals surface area contributed by atoms with Crippen LogP contribution in [0.3, 0.4) is 0 Å². The molecule has 1 unspecified atom stereocenters. The molecule has 4 heteroatoms. The summed E-state index contributed by atoms with van der Waals surface area (Å²) >= 11 is 1.23. The number of ether oxygens (including phenoxy) is 1. The first-order chi connectivity index (χ1) is 6.54. The van der Waals surface area contributed by atoms with E-state index >= 15 is 0 Å². The topological polar surface area (TPSA) is 39.2 Å². The predicted molar refractivity (Wildman–Crippen MR) is 54.9 cm³/mol. The highest BCUT2D eigenvalue weighted by atomic mass is 32.1. The molecule has 1 aliphatic carbocycles. The molecule has 1 fully saturated rings. The molecule has 1 atom stereocenters. The van der Waals surface area contributed by atoms with Gasteiger partial charge in [-0.1, -0.05) is 13.8 Å². The number of ketones is 1. The largest absolute Gasteiger partial charge is 0.480 e. The van der Waals surface area contributed by atoms with Crippen LogP contribution in [-0.2, 0) is 0 Å². The fourth-order valence-corrected chi connectivity index (χ4v) is 2.26. The summed E-state index contributed by atoms with van der Waals surface area (Å²) in [6.45, 7) is 4.24. The number of aromatic nitrogens is 1. The van der Waals surface area contributed by atoms with Gasteiger partial charge in [-0.15, -0.1) is 0 Å². The lowest BCUT2D eigenvalue weighted by molar-refractivity contribution is 0.0957. The van der Waals surface area contributed by atoms with Crippen LogP contribution in [0, 0.1) is 11.3 Å². The summed E-state index contributed by atoms with van der Waals surface area (Å²) in [7, 11) is 1.56. The van der Waals surface area contributed by atoms with Crippen molar-refractivity contribution in [3.05, 3.63) is 10.9 Å². The lowest BCUT2D eigenvalue weighted by Gasteiger charge is -1.98. The Kier molecular flexibility index (Phi) is 2.10. The number of nitrogens with zero attached hydrogens (tertiary/aromatic N) is 1. The molecule has 1 heterocycles. The molecule has 0 amide bonds. The SMILES string of the molecule is COc1cc(C(=O)C2CC2(C)C)sn1.